The van der Waals surface area contributed by atoms with E-state index in [2.05, 4.69) is 15.4 Å². The first kappa shape index (κ1) is 18.9. The summed E-state index contributed by atoms with van der Waals surface area (Å²) in [5, 5.41) is 15.5. The van der Waals surface area contributed by atoms with Crippen molar-refractivity contribution in [2.75, 3.05) is 13.2 Å². The van der Waals surface area contributed by atoms with Crippen molar-refractivity contribution in [3.8, 4) is 5.82 Å². The third-order valence-electron chi connectivity index (χ3n) is 3.51. The number of alkyl halides is 3. The van der Waals surface area contributed by atoms with Gasteiger partial charge >= 0.3 is 6.18 Å². The highest BCUT2D eigenvalue weighted by molar-refractivity contribution is 5.95. The molecule has 2 heterocycles. The van der Waals surface area contributed by atoms with E-state index in [9.17, 15) is 18.0 Å². The molecule has 0 aromatic carbocycles. The fourth-order valence-electron chi connectivity index (χ4n) is 2.33. The Hall–Kier alpha value is -2.42. The predicted molar refractivity (Wildman–Crippen MR) is 84.5 cm³/mol. The average Bonchev–Trinajstić information content (AvgIpc) is 2.99. The van der Waals surface area contributed by atoms with Crippen LogP contribution in [0, 0.1) is 0 Å². The van der Waals surface area contributed by atoms with Gasteiger partial charge < -0.3 is 10.4 Å². The number of nitrogens with one attached hydrogen (secondary N) is 1. The molecule has 0 fully saturated rings. The van der Waals surface area contributed by atoms with Crippen LogP contribution in [0.3, 0.4) is 0 Å². The van der Waals surface area contributed by atoms with Crippen LogP contribution >= 0.6 is 0 Å². The molecule has 0 aliphatic rings. The Bertz CT molecular complexity index is 724. The highest BCUT2D eigenvalue weighted by Gasteiger charge is 2.31. The van der Waals surface area contributed by atoms with Gasteiger partial charge in [-0.05, 0) is 24.5 Å². The third-order valence-corrected chi connectivity index (χ3v) is 3.51. The summed E-state index contributed by atoms with van der Waals surface area (Å²) in [4.78, 5) is 16.1. The van der Waals surface area contributed by atoms with E-state index >= 15 is 0 Å². The van der Waals surface area contributed by atoms with Crippen molar-refractivity contribution in [3.63, 3.8) is 0 Å². The lowest BCUT2D eigenvalue weighted by molar-refractivity contribution is -0.137. The Kier molecular flexibility index (Phi) is 5.78. The SMILES string of the molecule is CC(C)c1c(C(=O)NCCCO)cnn1-c1ccc(C(F)(F)F)cn1. The van der Waals surface area contributed by atoms with Gasteiger partial charge in [0.1, 0.15) is 0 Å². The van der Waals surface area contributed by atoms with Crippen LogP contribution in [0.2, 0.25) is 0 Å². The molecule has 2 aromatic rings. The summed E-state index contributed by atoms with van der Waals surface area (Å²) in [5.41, 5.74) is 0.0277. The van der Waals surface area contributed by atoms with Crippen LogP contribution in [0.5, 0.6) is 0 Å². The fraction of sp³-hybridized carbons (Fsp3) is 0.438. The maximum Gasteiger partial charge on any atom is 0.417 e. The van der Waals surface area contributed by atoms with Crippen molar-refractivity contribution in [1.82, 2.24) is 20.1 Å². The van der Waals surface area contributed by atoms with Gasteiger partial charge in [-0.1, -0.05) is 13.8 Å². The lowest BCUT2D eigenvalue weighted by Gasteiger charge is -2.13. The van der Waals surface area contributed by atoms with Gasteiger partial charge in [0.05, 0.1) is 23.0 Å². The van der Waals surface area contributed by atoms with Gasteiger partial charge in [0, 0.05) is 19.3 Å². The maximum absolute atomic E-state index is 12.7. The lowest BCUT2D eigenvalue weighted by Crippen LogP contribution is -2.26. The number of hydrogen-bond acceptors (Lipinski definition) is 4. The Morgan fingerprint density at radius 2 is 2.04 bits per heavy atom. The number of aliphatic hydroxyl groups is 1. The fourth-order valence-corrected chi connectivity index (χ4v) is 2.33. The van der Waals surface area contributed by atoms with E-state index in [1.165, 1.54) is 16.9 Å². The summed E-state index contributed by atoms with van der Waals surface area (Å²) in [7, 11) is 0. The van der Waals surface area contributed by atoms with Crippen LogP contribution in [-0.2, 0) is 6.18 Å². The van der Waals surface area contributed by atoms with E-state index in [0.29, 0.717) is 24.2 Å². The van der Waals surface area contributed by atoms with Gasteiger partial charge in [0.25, 0.3) is 5.91 Å². The van der Waals surface area contributed by atoms with E-state index in [4.69, 9.17) is 5.11 Å². The van der Waals surface area contributed by atoms with Crippen LogP contribution in [-0.4, -0.2) is 38.9 Å². The third kappa shape index (κ3) is 4.36. The van der Waals surface area contributed by atoms with Gasteiger partial charge in [-0.3, -0.25) is 4.79 Å². The minimum Gasteiger partial charge on any atom is -0.396 e. The molecule has 2 rings (SSSR count). The van der Waals surface area contributed by atoms with Crippen molar-refractivity contribution < 1.29 is 23.1 Å². The Morgan fingerprint density at radius 3 is 2.56 bits per heavy atom. The number of carbonyl (C=O) groups is 1. The molecular formula is C16H19F3N4O2. The number of aliphatic hydroxyl groups excluding tert-OH is 1. The molecule has 6 nitrogen and oxygen atoms in total. The zero-order chi connectivity index (χ0) is 18.6. The molecule has 9 heteroatoms. The quantitative estimate of drug-likeness (QED) is 0.780. The van der Waals surface area contributed by atoms with E-state index < -0.39 is 11.7 Å². The van der Waals surface area contributed by atoms with E-state index in [1.807, 2.05) is 13.8 Å². The highest BCUT2D eigenvalue weighted by atomic mass is 19.4. The molecule has 136 valence electrons. The molecule has 0 radical (unpaired) electrons. The standard InChI is InChI=1S/C16H19F3N4O2/c1-10(2)14-12(15(25)20-6-3-7-24)9-22-23(14)13-5-4-11(8-21-13)16(17,18)19/h4-5,8-10,24H,3,6-7H2,1-2H3,(H,20,25). The van der Waals surface area contributed by atoms with Gasteiger partial charge in [-0.2, -0.15) is 18.3 Å². The predicted octanol–water partition coefficient (Wildman–Crippen LogP) is 2.52. The lowest BCUT2D eigenvalue weighted by atomic mass is 10.1. The number of carbonyl (C=O) groups excluding carboxylic acids is 1. The number of halogens is 3. The van der Waals surface area contributed by atoms with Crippen LogP contribution < -0.4 is 5.32 Å². The normalized spacial score (nSPS) is 11.8. The van der Waals surface area contributed by atoms with E-state index in [-0.39, 0.29) is 24.2 Å². The molecule has 0 saturated carbocycles. The molecule has 0 aliphatic carbocycles. The van der Waals surface area contributed by atoms with Gasteiger partial charge in [-0.25, -0.2) is 9.67 Å². The highest BCUT2D eigenvalue weighted by Crippen LogP contribution is 2.29. The Balaban J connectivity index is 2.34. The molecule has 0 unspecified atom stereocenters. The molecule has 0 atom stereocenters. The second-order valence-electron chi connectivity index (χ2n) is 5.75. The maximum atomic E-state index is 12.7. The van der Waals surface area contributed by atoms with Gasteiger partial charge in [0.2, 0.25) is 0 Å². The monoisotopic (exact) mass is 356 g/mol. The molecule has 2 aromatic heterocycles. The molecule has 0 spiro atoms. The average molecular weight is 356 g/mol. The second kappa shape index (κ2) is 7.64. The van der Waals surface area contributed by atoms with Crippen molar-refractivity contribution in [1.29, 1.82) is 0 Å². The van der Waals surface area contributed by atoms with Crippen LogP contribution in [0.25, 0.3) is 5.82 Å². The van der Waals surface area contributed by atoms with Crippen LogP contribution in [0.15, 0.2) is 24.5 Å². The van der Waals surface area contributed by atoms with Crippen molar-refractivity contribution in [2.24, 2.45) is 0 Å². The number of aromatic nitrogens is 3. The summed E-state index contributed by atoms with van der Waals surface area (Å²) in [5.74, 6) is -0.258. The smallest absolute Gasteiger partial charge is 0.396 e. The van der Waals surface area contributed by atoms with Crippen molar-refractivity contribution >= 4 is 5.91 Å². The molecule has 0 bridgehead atoms. The first-order valence-corrected chi connectivity index (χ1v) is 7.76. The topological polar surface area (TPSA) is 80.0 Å². The van der Waals surface area contributed by atoms with E-state index in [1.54, 1.807) is 0 Å². The van der Waals surface area contributed by atoms with Crippen LogP contribution in [0.4, 0.5) is 13.2 Å². The first-order chi connectivity index (χ1) is 11.8. The number of rotatable bonds is 6. The molecule has 0 aliphatic heterocycles. The minimum absolute atomic E-state index is 0.0357. The molecule has 25 heavy (non-hydrogen) atoms. The summed E-state index contributed by atoms with van der Waals surface area (Å²) < 4.78 is 39.3. The molecule has 2 N–H and O–H groups in total. The van der Waals surface area contributed by atoms with Gasteiger partial charge in [0.15, 0.2) is 5.82 Å². The molecular weight excluding hydrogens is 337 g/mol. The van der Waals surface area contributed by atoms with Crippen LogP contribution in [0.1, 0.15) is 47.8 Å². The second-order valence-corrected chi connectivity index (χ2v) is 5.75. The zero-order valence-corrected chi connectivity index (χ0v) is 13.8. The Morgan fingerprint density at radius 1 is 1.32 bits per heavy atom. The van der Waals surface area contributed by atoms with Gasteiger partial charge in [-0.15, -0.1) is 0 Å². The number of nitrogens with zero attached hydrogens (tertiary/aromatic N) is 3. The number of pyridine rings is 1. The van der Waals surface area contributed by atoms with Crippen molar-refractivity contribution in [3.05, 3.63) is 41.3 Å². The summed E-state index contributed by atoms with van der Waals surface area (Å²) in [6.45, 7) is 3.98. The first-order valence-electron chi connectivity index (χ1n) is 7.76. The summed E-state index contributed by atoms with van der Waals surface area (Å²) >= 11 is 0. The molecule has 0 saturated heterocycles. The number of amides is 1. The summed E-state index contributed by atoms with van der Waals surface area (Å²) in [6.07, 6.45) is -1.93. The zero-order valence-electron chi connectivity index (χ0n) is 13.8. The summed E-state index contributed by atoms with van der Waals surface area (Å²) in [6, 6.07) is 2.14. The minimum atomic E-state index is -4.46. The number of hydrogen-bond donors (Lipinski definition) is 2. The largest absolute Gasteiger partial charge is 0.417 e. The Labute approximate surface area is 142 Å². The van der Waals surface area contributed by atoms with E-state index in [0.717, 1.165) is 12.3 Å². The van der Waals surface area contributed by atoms with Crippen molar-refractivity contribution in [2.45, 2.75) is 32.4 Å². The molecule has 1 amide bonds.